The first-order valence-electron chi connectivity index (χ1n) is 5.79. The summed E-state index contributed by atoms with van der Waals surface area (Å²) in [6.45, 7) is 2.81. The van der Waals surface area contributed by atoms with Gasteiger partial charge in [0.05, 0.1) is 12.5 Å². The number of halogens is 1. The minimum Gasteiger partial charge on any atom is -0.472 e. The molecule has 0 radical (unpaired) electrons. The summed E-state index contributed by atoms with van der Waals surface area (Å²) in [5.74, 6) is -0.189. The van der Waals surface area contributed by atoms with E-state index in [1.165, 1.54) is 6.07 Å². The zero-order valence-corrected chi connectivity index (χ0v) is 9.82. The van der Waals surface area contributed by atoms with Crippen LogP contribution in [0.25, 0.3) is 0 Å². The third-order valence-electron chi connectivity index (χ3n) is 2.79. The molecular weight excluding hydrogens is 217 g/mol. The van der Waals surface area contributed by atoms with E-state index in [1.807, 2.05) is 12.1 Å². The summed E-state index contributed by atoms with van der Waals surface area (Å²) in [5.41, 5.74) is 2.08. The Bertz CT molecular complexity index is 453. The van der Waals surface area contributed by atoms with Crippen molar-refractivity contribution in [2.45, 2.75) is 25.9 Å². The number of hydrogen-bond acceptors (Lipinski definition) is 2. The highest BCUT2D eigenvalue weighted by molar-refractivity contribution is 5.20. The summed E-state index contributed by atoms with van der Waals surface area (Å²) >= 11 is 0. The average Bonchev–Trinajstić information content (AvgIpc) is 2.83. The van der Waals surface area contributed by atoms with Crippen molar-refractivity contribution in [2.24, 2.45) is 0 Å². The summed E-state index contributed by atoms with van der Waals surface area (Å²) in [7, 11) is 0. The summed E-state index contributed by atoms with van der Waals surface area (Å²) in [5, 5.41) is 3.39. The first-order valence-corrected chi connectivity index (χ1v) is 5.79. The van der Waals surface area contributed by atoms with Crippen molar-refractivity contribution in [3.05, 3.63) is 59.8 Å². The van der Waals surface area contributed by atoms with E-state index in [0.29, 0.717) is 0 Å². The minimum absolute atomic E-state index is 0.167. The largest absolute Gasteiger partial charge is 0.472 e. The van der Waals surface area contributed by atoms with Crippen LogP contribution in [0.3, 0.4) is 0 Å². The second-order valence-electron chi connectivity index (χ2n) is 4.03. The van der Waals surface area contributed by atoms with Gasteiger partial charge in [-0.15, -0.1) is 0 Å². The first-order chi connectivity index (χ1) is 8.29. The maximum Gasteiger partial charge on any atom is 0.123 e. The molecule has 0 bridgehead atoms. The standard InChI is InChI=1S/C14H16FNO/c1-2-14(12-4-3-5-13(15)8-12)16-9-11-6-7-17-10-11/h3-8,10,14,16H,2,9H2,1H3. The smallest absolute Gasteiger partial charge is 0.123 e. The van der Waals surface area contributed by atoms with Gasteiger partial charge in [-0.25, -0.2) is 4.39 Å². The van der Waals surface area contributed by atoms with Gasteiger partial charge in [0.1, 0.15) is 5.82 Å². The van der Waals surface area contributed by atoms with E-state index < -0.39 is 0 Å². The molecule has 3 heteroatoms. The number of rotatable bonds is 5. The molecule has 0 spiro atoms. The predicted octanol–water partition coefficient (Wildman–Crippen LogP) is 3.66. The highest BCUT2D eigenvalue weighted by Crippen LogP contribution is 2.18. The molecule has 2 aromatic rings. The van der Waals surface area contributed by atoms with Gasteiger partial charge in [0.15, 0.2) is 0 Å². The van der Waals surface area contributed by atoms with Crippen LogP contribution in [-0.4, -0.2) is 0 Å². The van der Waals surface area contributed by atoms with Crippen molar-refractivity contribution in [3.63, 3.8) is 0 Å². The van der Waals surface area contributed by atoms with E-state index in [-0.39, 0.29) is 11.9 Å². The molecule has 0 saturated carbocycles. The van der Waals surface area contributed by atoms with E-state index >= 15 is 0 Å². The van der Waals surface area contributed by atoms with Gasteiger partial charge in [0.25, 0.3) is 0 Å². The lowest BCUT2D eigenvalue weighted by Crippen LogP contribution is -2.20. The molecule has 1 unspecified atom stereocenters. The van der Waals surface area contributed by atoms with E-state index in [4.69, 9.17) is 4.42 Å². The molecule has 0 fully saturated rings. The lowest BCUT2D eigenvalue weighted by Gasteiger charge is -2.16. The van der Waals surface area contributed by atoms with Crippen LogP contribution in [0.15, 0.2) is 47.3 Å². The highest BCUT2D eigenvalue weighted by Gasteiger charge is 2.09. The van der Waals surface area contributed by atoms with Gasteiger partial charge in [-0.1, -0.05) is 19.1 Å². The van der Waals surface area contributed by atoms with Crippen molar-refractivity contribution < 1.29 is 8.81 Å². The summed E-state index contributed by atoms with van der Waals surface area (Å²) in [6, 6.07) is 8.82. The van der Waals surface area contributed by atoms with Gasteiger partial charge < -0.3 is 9.73 Å². The molecule has 2 rings (SSSR count). The monoisotopic (exact) mass is 233 g/mol. The third kappa shape index (κ3) is 3.17. The molecule has 1 N–H and O–H groups in total. The van der Waals surface area contributed by atoms with E-state index in [2.05, 4.69) is 12.2 Å². The van der Waals surface area contributed by atoms with Crippen LogP contribution in [0.5, 0.6) is 0 Å². The fraction of sp³-hybridized carbons (Fsp3) is 0.286. The van der Waals surface area contributed by atoms with E-state index in [1.54, 1.807) is 24.7 Å². The molecule has 1 heterocycles. The van der Waals surface area contributed by atoms with Crippen molar-refractivity contribution in [2.75, 3.05) is 0 Å². The van der Waals surface area contributed by atoms with Gasteiger partial charge in [-0.3, -0.25) is 0 Å². The van der Waals surface area contributed by atoms with Crippen LogP contribution in [-0.2, 0) is 6.54 Å². The molecule has 1 aromatic heterocycles. The molecule has 17 heavy (non-hydrogen) atoms. The second kappa shape index (κ2) is 5.64. The fourth-order valence-corrected chi connectivity index (χ4v) is 1.86. The summed E-state index contributed by atoms with van der Waals surface area (Å²) in [4.78, 5) is 0. The minimum atomic E-state index is -0.189. The molecular formula is C14H16FNO. The van der Waals surface area contributed by atoms with E-state index in [0.717, 1.165) is 24.1 Å². The van der Waals surface area contributed by atoms with E-state index in [9.17, 15) is 4.39 Å². The van der Waals surface area contributed by atoms with Crippen molar-refractivity contribution in [1.82, 2.24) is 5.32 Å². The predicted molar refractivity (Wildman–Crippen MR) is 65.0 cm³/mol. The third-order valence-corrected chi connectivity index (χ3v) is 2.79. The number of benzene rings is 1. The van der Waals surface area contributed by atoms with Gasteiger partial charge >= 0.3 is 0 Å². The number of nitrogens with one attached hydrogen (secondary N) is 1. The lowest BCUT2D eigenvalue weighted by molar-refractivity contribution is 0.508. The molecule has 0 aliphatic carbocycles. The Labute approximate surface area is 100 Å². The normalized spacial score (nSPS) is 12.6. The molecule has 1 atom stereocenters. The first kappa shape index (κ1) is 11.9. The van der Waals surface area contributed by atoms with Gasteiger partial charge in [0.2, 0.25) is 0 Å². The van der Waals surface area contributed by atoms with Gasteiger partial charge in [0, 0.05) is 18.2 Å². The number of hydrogen-bond donors (Lipinski definition) is 1. The zero-order chi connectivity index (χ0) is 12.1. The Morgan fingerprint density at radius 1 is 1.35 bits per heavy atom. The van der Waals surface area contributed by atoms with Crippen LogP contribution < -0.4 is 5.32 Å². The Morgan fingerprint density at radius 2 is 2.24 bits per heavy atom. The Kier molecular flexibility index (Phi) is 3.94. The van der Waals surface area contributed by atoms with Crippen LogP contribution in [0, 0.1) is 5.82 Å². The van der Waals surface area contributed by atoms with Crippen molar-refractivity contribution in [3.8, 4) is 0 Å². The molecule has 0 aliphatic heterocycles. The lowest BCUT2D eigenvalue weighted by atomic mass is 10.0. The quantitative estimate of drug-likeness (QED) is 0.852. The van der Waals surface area contributed by atoms with Crippen molar-refractivity contribution in [1.29, 1.82) is 0 Å². The molecule has 90 valence electrons. The fourth-order valence-electron chi connectivity index (χ4n) is 1.86. The topological polar surface area (TPSA) is 25.2 Å². The molecule has 1 aromatic carbocycles. The highest BCUT2D eigenvalue weighted by atomic mass is 19.1. The van der Waals surface area contributed by atoms with Crippen molar-refractivity contribution >= 4 is 0 Å². The number of furan rings is 1. The SMILES string of the molecule is CCC(NCc1ccoc1)c1cccc(F)c1. The van der Waals surface area contributed by atoms with Gasteiger partial charge in [-0.05, 0) is 30.2 Å². The second-order valence-corrected chi connectivity index (χ2v) is 4.03. The van der Waals surface area contributed by atoms with Crippen LogP contribution in [0.1, 0.15) is 30.5 Å². The summed E-state index contributed by atoms with van der Waals surface area (Å²) < 4.78 is 18.1. The summed E-state index contributed by atoms with van der Waals surface area (Å²) in [6.07, 6.45) is 4.28. The van der Waals surface area contributed by atoms with Crippen LogP contribution >= 0.6 is 0 Å². The zero-order valence-electron chi connectivity index (χ0n) is 9.82. The molecule has 2 nitrogen and oxygen atoms in total. The van der Waals surface area contributed by atoms with Crippen LogP contribution in [0.4, 0.5) is 4.39 Å². The maximum absolute atomic E-state index is 13.1. The Morgan fingerprint density at radius 3 is 2.88 bits per heavy atom. The van der Waals surface area contributed by atoms with Crippen LogP contribution in [0.2, 0.25) is 0 Å². The molecule has 0 amide bonds. The van der Waals surface area contributed by atoms with Gasteiger partial charge in [-0.2, -0.15) is 0 Å². The molecule has 0 saturated heterocycles. The average molecular weight is 233 g/mol. The Balaban J connectivity index is 2.01. The molecule has 0 aliphatic rings. The Hall–Kier alpha value is -1.61. The maximum atomic E-state index is 13.1.